The Hall–Kier alpha value is -1.35. The summed E-state index contributed by atoms with van der Waals surface area (Å²) in [5.41, 5.74) is 6.90. The molecule has 0 spiro atoms. The Morgan fingerprint density at radius 2 is 2.11 bits per heavy atom. The van der Waals surface area contributed by atoms with Gasteiger partial charge in [0.05, 0.1) is 5.92 Å². The maximum atomic E-state index is 12.6. The molecule has 0 aromatic heterocycles. The second-order valence-electron chi connectivity index (χ2n) is 5.68. The van der Waals surface area contributed by atoms with Gasteiger partial charge in [0.2, 0.25) is 5.91 Å². The van der Waals surface area contributed by atoms with Crippen LogP contribution in [0.25, 0.3) is 0 Å². The van der Waals surface area contributed by atoms with Crippen molar-refractivity contribution in [3.05, 3.63) is 35.9 Å². The summed E-state index contributed by atoms with van der Waals surface area (Å²) in [6, 6.07) is 10.00. The average Bonchev–Trinajstić information content (AvgIpc) is 2.47. The summed E-state index contributed by atoms with van der Waals surface area (Å²) in [6.45, 7) is 6.58. The maximum Gasteiger partial charge on any atom is 0.229 e. The summed E-state index contributed by atoms with van der Waals surface area (Å²) in [4.78, 5) is 14.5. The van der Waals surface area contributed by atoms with Crippen LogP contribution in [0.1, 0.15) is 31.7 Å². The highest BCUT2D eigenvalue weighted by Gasteiger charge is 2.30. The molecule has 1 aliphatic heterocycles. The van der Waals surface area contributed by atoms with Gasteiger partial charge in [-0.2, -0.15) is 0 Å². The molecule has 0 bridgehead atoms. The predicted molar refractivity (Wildman–Crippen MR) is 77.8 cm³/mol. The van der Waals surface area contributed by atoms with Crippen LogP contribution in [0.5, 0.6) is 0 Å². The number of hydrogen-bond acceptors (Lipinski definition) is 2. The van der Waals surface area contributed by atoms with Gasteiger partial charge < -0.3 is 10.6 Å². The van der Waals surface area contributed by atoms with E-state index in [9.17, 15) is 4.79 Å². The van der Waals surface area contributed by atoms with E-state index in [0.717, 1.165) is 25.1 Å². The van der Waals surface area contributed by atoms with Crippen LogP contribution in [-0.4, -0.2) is 30.4 Å². The first-order valence-electron chi connectivity index (χ1n) is 7.17. The molecule has 3 unspecified atom stereocenters. The van der Waals surface area contributed by atoms with Crippen molar-refractivity contribution < 1.29 is 4.79 Å². The molecule has 3 nitrogen and oxygen atoms in total. The van der Waals surface area contributed by atoms with Crippen molar-refractivity contribution in [1.82, 2.24) is 4.90 Å². The first-order valence-corrected chi connectivity index (χ1v) is 7.17. The number of piperidine rings is 1. The van der Waals surface area contributed by atoms with Crippen LogP contribution in [0.3, 0.4) is 0 Å². The molecule has 2 rings (SSSR count). The summed E-state index contributed by atoms with van der Waals surface area (Å²) in [5, 5.41) is 0. The average molecular weight is 260 g/mol. The minimum Gasteiger partial charge on any atom is -0.342 e. The largest absolute Gasteiger partial charge is 0.342 e. The Kier molecular flexibility index (Phi) is 4.59. The van der Waals surface area contributed by atoms with E-state index >= 15 is 0 Å². The van der Waals surface area contributed by atoms with Crippen LogP contribution in [0, 0.1) is 11.8 Å². The van der Waals surface area contributed by atoms with Crippen molar-refractivity contribution >= 4 is 5.91 Å². The van der Waals surface area contributed by atoms with E-state index in [1.54, 1.807) is 0 Å². The lowest BCUT2D eigenvalue weighted by atomic mass is 9.86. The topological polar surface area (TPSA) is 46.3 Å². The van der Waals surface area contributed by atoms with Gasteiger partial charge in [-0.15, -0.1) is 0 Å². The lowest BCUT2D eigenvalue weighted by Crippen LogP contribution is -2.46. The molecular formula is C16H24N2O. The van der Waals surface area contributed by atoms with E-state index in [1.165, 1.54) is 0 Å². The molecule has 1 fully saturated rings. The predicted octanol–water partition coefficient (Wildman–Crippen LogP) is 2.23. The fraction of sp³-hybridized carbons (Fsp3) is 0.562. The molecule has 104 valence electrons. The molecule has 1 amide bonds. The van der Waals surface area contributed by atoms with Crippen molar-refractivity contribution in [2.75, 3.05) is 19.6 Å². The zero-order valence-electron chi connectivity index (χ0n) is 11.9. The van der Waals surface area contributed by atoms with E-state index in [0.29, 0.717) is 18.4 Å². The molecule has 1 heterocycles. The Balaban J connectivity index is 2.04. The van der Waals surface area contributed by atoms with E-state index in [4.69, 9.17) is 5.73 Å². The number of hydrogen-bond donors (Lipinski definition) is 1. The molecule has 3 atom stereocenters. The fourth-order valence-corrected chi connectivity index (χ4v) is 2.81. The van der Waals surface area contributed by atoms with Crippen LogP contribution in [0.2, 0.25) is 0 Å². The quantitative estimate of drug-likeness (QED) is 0.906. The highest BCUT2D eigenvalue weighted by atomic mass is 16.2. The van der Waals surface area contributed by atoms with Crippen LogP contribution in [0.4, 0.5) is 0 Å². The minimum absolute atomic E-state index is 0.0620. The van der Waals surface area contributed by atoms with Crippen molar-refractivity contribution in [3.8, 4) is 0 Å². The molecule has 1 aromatic carbocycles. The number of likely N-dealkylation sites (tertiary alicyclic amines) is 1. The van der Waals surface area contributed by atoms with Gasteiger partial charge in [0.15, 0.2) is 0 Å². The number of rotatable bonds is 3. The second-order valence-corrected chi connectivity index (χ2v) is 5.68. The molecule has 19 heavy (non-hydrogen) atoms. The van der Waals surface area contributed by atoms with Gasteiger partial charge in [-0.1, -0.05) is 37.3 Å². The Labute approximate surface area is 115 Å². The van der Waals surface area contributed by atoms with Crippen LogP contribution < -0.4 is 5.73 Å². The smallest absolute Gasteiger partial charge is 0.229 e. The Morgan fingerprint density at radius 3 is 2.74 bits per heavy atom. The van der Waals surface area contributed by atoms with Crippen LogP contribution >= 0.6 is 0 Å². The van der Waals surface area contributed by atoms with Crippen molar-refractivity contribution in [2.45, 2.75) is 26.2 Å². The standard InChI is InChI=1S/C16H24N2O/c1-12-8-9-18(11-15(12)10-17)16(19)13(2)14-6-4-3-5-7-14/h3-7,12-13,15H,8-11,17H2,1-2H3. The first kappa shape index (κ1) is 14.1. The summed E-state index contributed by atoms with van der Waals surface area (Å²) in [7, 11) is 0. The zero-order valence-corrected chi connectivity index (χ0v) is 11.9. The maximum absolute atomic E-state index is 12.6. The van der Waals surface area contributed by atoms with Crippen molar-refractivity contribution in [3.63, 3.8) is 0 Å². The van der Waals surface area contributed by atoms with Crippen LogP contribution in [0.15, 0.2) is 30.3 Å². The van der Waals surface area contributed by atoms with Crippen molar-refractivity contribution in [1.29, 1.82) is 0 Å². The lowest BCUT2D eigenvalue weighted by molar-refractivity contribution is -0.134. The number of carbonyl (C=O) groups is 1. The van der Waals surface area contributed by atoms with Crippen molar-refractivity contribution in [2.24, 2.45) is 17.6 Å². The highest BCUT2D eigenvalue weighted by molar-refractivity contribution is 5.83. The number of nitrogens with zero attached hydrogens (tertiary/aromatic N) is 1. The molecule has 3 heteroatoms. The molecule has 1 aromatic rings. The summed E-state index contributed by atoms with van der Waals surface area (Å²) < 4.78 is 0. The number of amides is 1. The minimum atomic E-state index is -0.0620. The Morgan fingerprint density at radius 1 is 1.42 bits per heavy atom. The van der Waals surface area contributed by atoms with E-state index in [1.807, 2.05) is 42.2 Å². The third-order valence-corrected chi connectivity index (χ3v) is 4.40. The normalized spacial score (nSPS) is 25.1. The summed E-state index contributed by atoms with van der Waals surface area (Å²) in [6.07, 6.45) is 1.06. The van der Waals surface area contributed by atoms with Gasteiger partial charge in [-0.3, -0.25) is 4.79 Å². The zero-order chi connectivity index (χ0) is 13.8. The monoisotopic (exact) mass is 260 g/mol. The van der Waals surface area contributed by atoms with Gasteiger partial charge >= 0.3 is 0 Å². The van der Waals surface area contributed by atoms with Gasteiger partial charge in [0.25, 0.3) is 0 Å². The third kappa shape index (κ3) is 3.16. The molecule has 0 radical (unpaired) electrons. The highest BCUT2D eigenvalue weighted by Crippen LogP contribution is 2.25. The lowest BCUT2D eigenvalue weighted by Gasteiger charge is -2.37. The summed E-state index contributed by atoms with van der Waals surface area (Å²) >= 11 is 0. The van der Waals surface area contributed by atoms with E-state index < -0.39 is 0 Å². The molecule has 1 aliphatic rings. The number of benzene rings is 1. The SMILES string of the molecule is CC(C(=O)N1CCC(C)C(CN)C1)c1ccccc1. The van der Waals surface area contributed by atoms with E-state index in [2.05, 4.69) is 6.92 Å². The second kappa shape index (κ2) is 6.20. The van der Waals surface area contributed by atoms with Gasteiger partial charge in [0, 0.05) is 13.1 Å². The van der Waals surface area contributed by atoms with Gasteiger partial charge in [0.1, 0.15) is 0 Å². The Bertz CT molecular complexity index is 418. The third-order valence-electron chi connectivity index (χ3n) is 4.40. The van der Waals surface area contributed by atoms with E-state index in [-0.39, 0.29) is 11.8 Å². The molecule has 2 N–H and O–H groups in total. The molecular weight excluding hydrogens is 236 g/mol. The number of carbonyl (C=O) groups excluding carboxylic acids is 1. The van der Waals surface area contributed by atoms with Crippen LogP contribution in [-0.2, 0) is 4.79 Å². The first-order chi connectivity index (χ1) is 9.13. The number of nitrogens with two attached hydrogens (primary N) is 1. The fourth-order valence-electron chi connectivity index (χ4n) is 2.81. The summed E-state index contributed by atoms with van der Waals surface area (Å²) in [5.74, 6) is 1.24. The molecule has 1 saturated heterocycles. The van der Waals surface area contributed by atoms with Gasteiger partial charge in [-0.05, 0) is 37.3 Å². The van der Waals surface area contributed by atoms with Gasteiger partial charge in [-0.25, -0.2) is 0 Å². The molecule has 0 aliphatic carbocycles. The molecule has 0 saturated carbocycles.